The normalized spacial score (nSPS) is 14.8. The fourth-order valence-electron chi connectivity index (χ4n) is 2.61. The van der Waals surface area contributed by atoms with Gasteiger partial charge in [-0.1, -0.05) is 18.2 Å². The fraction of sp³-hybridized carbons (Fsp3) is 0.263. The summed E-state index contributed by atoms with van der Waals surface area (Å²) in [7, 11) is -1.40. The lowest BCUT2D eigenvalue weighted by Gasteiger charge is -2.18. The van der Waals surface area contributed by atoms with Gasteiger partial charge >= 0.3 is 7.12 Å². The molecule has 2 aromatic rings. The highest BCUT2D eigenvalue weighted by Crippen LogP contribution is 2.15. The maximum Gasteiger partial charge on any atom is 0.639 e. The van der Waals surface area contributed by atoms with E-state index >= 15 is 0 Å². The number of benzene rings is 2. The van der Waals surface area contributed by atoms with E-state index < -0.39 is 24.9 Å². The molecular weight excluding hydrogens is 357 g/mol. The summed E-state index contributed by atoms with van der Waals surface area (Å²) in [5.74, 6) is -1.84. The van der Waals surface area contributed by atoms with Gasteiger partial charge in [-0.25, -0.2) is 8.78 Å². The quantitative estimate of drug-likeness (QED) is 0.753. The minimum atomic E-state index is -1.40. The predicted molar refractivity (Wildman–Crippen MR) is 93.4 cm³/mol. The Balaban J connectivity index is 1.62. The lowest BCUT2D eigenvalue weighted by molar-refractivity contribution is -0.142. The Hall–Kier alpha value is -2.90. The first-order chi connectivity index (χ1) is 13.0. The van der Waals surface area contributed by atoms with Crippen molar-refractivity contribution in [2.75, 3.05) is 6.61 Å². The van der Waals surface area contributed by atoms with Gasteiger partial charge in [0.15, 0.2) is 0 Å². The van der Waals surface area contributed by atoms with Crippen LogP contribution in [0.25, 0.3) is 0 Å². The van der Waals surface area contributed by atoms with Gasteiger partial charge in [0.05, 0.1) is 6.61 Å². The van der Waals surface area contributed by atoms with Crippen LogP contribution in [0.3, 0.4) is 0 Å². The third-order valence-corrected chi connectivity index (χ3v) is 4.04. The molecule has 0 amide bonds. The van der Waals surface area contributed by atoms with Crippen LogP contribution >= 0.6 is 0 Å². The van der Waals surface area contributed by atoms with Gasteiger partial charge in [0, 0.05) is 30.8 Å². The molecule has 0 bridgehead atoms. The fourth-order valence-corrected chi connectivity index (χ4v) is 2.61. The van der Waals surface area contributed by atoms with Gasteiger partial charge in [-0.05, 0) is 30.2 Å². The van der Waals surface area contributed by atoms with Crippen LogP contribution in [0.4, 0.5) is 8.78 Å². The maximum absolute atomic E-state index is 14.4. The molecule has 0 spiro atoms. The number of carbonyl (C=O) groups is 2. The minimum absolute atomic E-state index is 0.0514. The molecule has 0 aliphatic carbocycles. The Labute approximate surface area is 155 Å². The first-order valence-electron chi connectivity index (χ1n) is 8.57. The predicted octanol–water partition coefficient (Wildman–Crippen LogP) is 2.55. The molecule has 1 aliphatic heterocycles. The van der Waals surface area contributed by atoms with Crippen molar-refractivity contribution in [1.29, 1.82) is 0 Å². The van der Waals surface area contributed by atoms with E-state index in [9.17, 15) is 18.4 Å². The van der Waals surface area contributed by atoms with Crippen LogP contribution in [0, 0.1) is 11.6 Å². The van der Waals surface area contributed by atoms with Gasteiger partial charge in [-0.3, -0.25) is 9.59 Å². The molecule has 5 nitrogen and oxygen atoms in total. The van der Waals surface area contributed by atoms with Crippen molar-refractivity contribution in [3.05, 3.63) is 59.7 Å². The van der Waals surface area contributed by atoms with E-state index in [1.54, 1.807) is 12.1 Å². The number of rotatable bonds is 5. The summed E-state index contributed by atoms with van der Waals surface area (Å²) in [6, 6.07) is 10.0. The Kier molecular flexibility index (Phi) is 6.06. The van der Waals surface area contributed by atoms with Crippen LogP contribution < -0.4 is 10.2 Å². The molecule has 0 atom stereocenters. The van der Waals surface area contributed by atoms with Crippen molar-refractivity contribution in [2.45, 2.75) is 25.7 Å². The van der Waals surface area contributed by atoms with Crippen molar-refractivity contribution >= 4 is 24.5 Å². The third kappa shape index (κ3) is 5.29. The Morgan fingerprint density at radius 2 is 1.63 bits per heavy atom. The molecule has 1 fully saturated rings. The zero-order chi connectivity index (χ0) is 19.2. The van der Waals surface area contributed by atoms with Crippen LogP contribution in [0.15, 0.2) is 42.5 Å². The lowest BCUT2D eigenvalue weighted by Crippen LogP contribution is -2.43. The van der Waals surface area contributed by atoms with E-state index in [1.807, 2.05) is 0 Å². The SMILES string of the molecule is O=C1CCCC(=O)OB(c2ccc(OCCc3ccc(F)cc3)cc2F)O1. The monoisotopic (exact) mass is 374 g/mol. The second kappa shape index (κ2) is 8.66. The number of hydrogen-bond donors (Lipinski definition) is 0. The van der Waals surface area contributed by atoms with Crippen LogP contribution in [-0.4, -0.2) is 25.7 Å². The number of ether oxygens (including phenoxy) is 1. The van der Waals surface area contributed by atoms with Gasteiger partial charge < -0.3 is 14.0 Å². The summed E-state index contributed by atoms with van der Waals surface area (Å²) >= 11 is 0. The van der Waals surface area contributed by atoms with Gasteiger partial charge in [0.2, 0.25) is 0 Å². The van der Waals surface area contributed by atoms with Crippen molar-refractivity contribution in [2.24, 2.45) is 0 Å². The highest BCUT2D eigenvalue weighted by Gasteiger charge is 2.35. The molecule has 3 rings (SSSR count). The highest BCUT2D eigenvalue weighted by molar-refractivity contribution is 6.64. The zero-order valence-electron chi connectivity index (χ0n) is 14.5. The summed E-state index contributed by atoms with van der Waals surface area (Å²) in [6.45, 7) is 0.276. The molecule has 1 heterocycles. The van der Waals surface area contributed by atoms with Crippen LogP contribution in [0.1, 0.15) is 24.8 Å². The third-order valence-electron chi connectivity index (χ3n) is 4.04. The average molecular weight is 374 g/mol. The van der Waals surface area contributed by atoms with Gasteiger partial charge in [0.25, 0.3) is 11.9 Å². The summed E-state index contributed by atoms with van der Waals surface area (Å²) in [6.07, 6.45) is 1.03. The van der Waals surface area contributed by atoms with E-state index in [2.05, 4.69) is 0 Å². The molecule has 140 valence electrons. The van der Waals surface area contributed by atoms with Crippen LogP contribution in [0.5, 0.6) is 5.75 Å². The standard InChI is InChI=1S/C19H17BF2O5/c21-14-6-4-13(5-7-14)10-11-25-15-8-9-16(17(22)12-15)20-26-18(23)2-1-3-19(24)27-20/h4-9,12H,1-3,10-11H2. The molecule has 0 N–H and O–H groups in total. The molecule has 27 heavy (non-hydrogen) atoms. The zero-order valence-corrected chi connectivity index (χ0v) is 14.5. The first-order valence-corrected chi connectivity index (χ1v) is 8.57. The topological polar surface area (TPSA) is 61.8 Å². The van der Waals surface area contributed by atoms with Crippen molar-refractivity contribution in [3.8, 4) is 5.75 Å². The van der Waals surface area contributed by atoms with E-state index in [0.29, 0.717) is 12.8 Å². The van der Waals surface area contributed by atoms with Gasteiger partial charge in [-0.15, -0.1) is 0 Å². The summed E-state index contributed by atoms with van der Waals surface area (Å²) in [5, 5.41) is 0. The second-order valence-electron chi connectivity index (χ2n) is 6.07. The largest absolute Gasteiger partial charge is 0.639 e. The molecule has 0 radical (unpaired) electrons. The Morgan fingerprint density at radius 3 is 2.26 bits per heavy atom. The smallest absolute Gasteiger partial charge is 0.495 e. The maximum atomic E-state index is 14.4. The molecule has 0 unspecified atom stereocenters. The van der Waals surface area contributed by atoms with Crippen molar-refractivity contribution < 1.29 is 32.4 Å². The molecular formula is C19H17BF2O5. The molecule has 0 saturated carbocycles. The van der Waals surface area contributed by atoms with Crippen LogP contribution in [0.2, 0.25) is 0 Å². The summed E-state index contributed by atoms with van der Waals surface area (Å²) in [5.41, 5.74) is 0.839. The molecule has 1 aliphatic rings. The lowest BCUT2D eigenvalue weighted by atomic mass is 9.77. The number of hydrogen-bond acceptors (Lipinski definition) is 5. The Bertz CT molecular complexity index is 807. The van der Waals surface area contributed by atoms with Crippen molar-refractivity contribution in [1.82, 2.24) is 0 Å². The molecule has 0 aromatic heterocycles. The van der Waals surface area contributed by atoms with Crippen molar-refractivity contribution in [3.63, 3.8) is 0 Å². The average Bonchev–Trinajstić information content (AvgIpc) is 2.62. The molecule has 1 saturated heterocycles. The Morgan fingerprint density at radius 1 is 0.963 bits per heavy atom. The van der Waals surface area contributed by atoms with E-state index in [0.717, 1.165) is 11.6 Å². The van der Waals surface area contributed by atoms with E-state index in [1.165, 1.54) is 24.3 Å². The first kappa shape index (κ1) is 18.9. The van der Waals surface area contributed by atoms with E-state index in [4.69, 9.17) is 14.0 Å². The summed E-state index contributed by atoms with van der Waals surface area (Å²) in [4.78, 5) is 23.2. The minimum Gasteiger partial charge on any atom is -0.495 e. The molecule has 8 heteroatoms. The van der Waals surface area contributed by atoms with E-state index in [-0.39, 0.29) is 36.5 Å². The van der Waals surface area contributed by atoms with Gasteiger partial charge in [0.1, 0.15) is 17.4 Å². The van der Waals surface area contributed by atoms with Gasteiger partial charge in [-0.2, -0.15) is 0 Å². The molecule has 2 aromatic carbocycles. The second-order valence-corrected chi connectivity index (χ2v) is 6.07. The number of carbonyl (C=O) groups excluding carboxylic acids is 2. The highest BCUT2D eigenvalue weighted by atomic mass is 19.1. The summed E-state index contributed by atoms with van der Waals surface area (Å²) < 4.78 is 42.8. The number of halogens is 2. The van der Waals surface area contributed by atoms with Crippen LogP contribution in [-0.2, 0) is 25.3 Å².